The average molecular weight is 527 g/mol. The number of hydrogen-bond acceptors (Lipinski definition) is 4. The van der Waals surface area contributed by atoms with Crippen molar-refractivity contribution in [3.8, 4) is 17.0 Å². The highest BCUT2D eigenvalue weighted by Crippen LogP contribution is 2.46. The third-order valence-electron chi connectivity index (χ3n) is 7.86. The summed E-state index contributed by atoms with van der Waals surface area (Å²) in [4.78, 5) is 27.8. The van der Waals surface area contributed by atoms with E-state index >= 15 is 0 Å². The van der Waals surface area contributed by atoms with Crippen molar-refractivity contribution in [2.75, 3.05) is 20.2 Å². The molecular formula is C28H29F3N4O3. The van der Waals surface area contributed by atoms with Crippen LogP contribution in [0.4, 0.5) is 13.2 Å². The van der Waals surface area contributed by atoms with Gasteiger partial charge in [-0.3, -0.25) is 14.7 Å². The van der Waals surface area contributed by atoms with Crippen LogP contribution in [0.5, 0.6) is 5.75 Å². The monoisotopic (exact) mass is 526 g/mol. The van der Waals surface area contributed by atoms with Crippen molar-refractivity contribution in [1.82, 2.24) is 20.4 Å². The largest absolute Gasteiger partial charge is 0.496 e. The van der Waals surface area contributed by atoms with Gasteiger partial charge in [0, 0.05) is 30.1 Å². The van der Waals surface area contributed by atoms with Crippen LogP contribution in [-0.2, 0) is 17.4 Å². The third kappa shape index (κ3) is 4.75. The van der Waals surface area contributed by atoms with Crippen LogP contribution < -0.4 is 10.1 Å². The van der Waals surface area contributed by atoms with Crippen molar-refractivity contribution in [3.05, 3.63) is 70.9 Å². The zero-order valence-electron chi connectivity index (χ0n) is 21.2. The Morgan fingerprint density at radius 3 is 2.68 bits per heavy atom. The van der Waals surface area contributed by atoms with Gasteiger partial charge in [0.2, 0.25) is 5.91 Å². The van der Waals surface area contributed by atoms with E-state index in [4.69, 9.17) is 4.74 Å². The number of nitrogens with one attached hydrogen (secondary N) is 2. The molecule has 2 aliphatic rings. The number of benzene rings is 2. The highest BCUT2D eigenvalue weighted by molar-refractivity contribution is 5.93. The molecule has 2 fully saturated rings. The van der Waals surface area contributed by atoms with E-state index in [1.54, 1.807) is 7.11 Å². The van der Waals surface area contributed by atoms with E-state index in [1.807, 2.05) is 30.0 Å². The fraction of sp³-hybridized carbons (Fsp3) is 0.393. The lowest BCUT2D eigenvalue weighted by Gasteiger charge is -2.51. The van der Waals surface area contributed by atoms with E-state index in [0.717, 1.165) is 42.2 Å². The molecule has 7 nitrogen and oxygen atoms in total. The third-order valence-corrected chi connectivity index (χ3v) is 7.86. The minimum absolute atomic E-state index is 0.0329. The Morgan fingerprint density at radius 2 is 1.95 bits per heavy atom. The van der Waals surface area contributed by atoms with Gasteiger partial charge in [0.05, 0.1) is 24.8 Å². The second kappa shape index (κ2) is 9.81. The molecule has 2 N–H and O–H groups in total. The standard InChI is InChI=1S/C28H29F3N4O3/c1-17-18(7-5-10-23(17)38-2)13-25(36)35-15-27(16-35)12-6-11-24(27)32-26(37)22-14-21(33-34-22)19-8-3-4-9-20(19)28(29,30)31/h3-5,7-10,14,24H,6,11-13,15-16H2,1-2H3,(H,32,37)(H,33,34). The molecule has 1 aliphatic heterocycles. The van der Waals surface area contributed by atoms with Crippen LogP contribution in [0, 0.1) is 12.3 Å². The number of carbonyl (C=O) groups excluding carboxylic acids is 2. The minimum atomic E-state index is -4.53. The highest BCUT2D eigenvalue weighted by atomic mass is 19.4. The zero-order valence-corrected chi connectivity index (χ0v) is 21.2. The van der Waals surface area contributed by atoms with Crippen molar-refractivity contribution in [3.63, 3.8) is 0 Å². The van der Waals surface area contributed by atoms with Gasteiger partial charge in [0.15, 0.2) is 0 Å². The molecule has 1 aromatic heterocycles. The van der Waals surface area contributed by atoms with Gasteiger partial charge in [0.25, 0.3) is 5.91 Å². The first-order chi connectivity index (χ1) is 18.1. The molecule has 1 atom stereocenters. The van der Waals surface area contributed by atoms with Crippen LogP contribution in [0.2, 0.25) is 0 Å². The van der Waals surface area contributed by atoms with E-state index < -0.39 is 17.6 Å². The number of ether oxygens (including phenoxy) is 1. The maximum Gasteiger partial charge on any atom is 0.417 e. The van der Waals surface area contributed by atoms with Crippen molar-refractivity contribution in [2.24, 2.45) is 5.41 Å². The second-order valence-electron chi connectivity index (χ2n) is 10.2. The van der Waals surface area contributed by atoms with E-state index in [9.17, 15) is 22.8 Å². The Morgan fingerprint density at radius 1 is 1.18 bits per heavy atom. The van der Waals surface area contributed by atoms with E-state index in [0.29, 0.717) is 13.1 Å². The maximum atomic E-state index is 13.4. The molecule has 3 aromatic rings. The molecule has 0 bridgehead atoms. The zero-order chi connectivity index (χ0) is 27.1. The van der Waals surface area contributed by atoms with Gasteiger partial charge in [-0.25, -0.2) is 0 Å². The van der Waals surface area contributed by atoms with Gasteiger partial charge in [-0.15, -0.1) is 0 Å². The summed E-state index contributed by atoms with van der Waals surface area (Å²) >= 11 is 0. The molecular weight excluding hydrogens is 497 g/mol. The lowest BCUT2D eigenvalue weighted by Crippen LogP contribution is -2.65. The van der Waals surface area contributed by atoms with Crippen LogP contribution in [0.15, 0.2) is 48.5 Å². The number of aromatic amines is 1. The number of methoxy groups -OCH3 is 1. The van der Waals surface area contributed by atoms with Gasteiger partial charge in [-0.05, 0) is 49.1 Å². The molecule has 2 aromatic carbocycles. The number of rotatable bonds is 6. The van der Waals surface area contributed by atoms with Crippen molar-refractivity contribution >= 4 is 11.8 Å². The summed E-state index contributed by atoms with van der Waals surface area (Å²) < 4.78 is 45.6. The molecule has 1 saturated heterocycles. The van der Waals surface area contributed by atoms with Crippen molar-refractivity contribution < 1.29 is 27.5 Å². The SMILES string of the molecule is COc1cccc(CC(=O)N2CC3(CCCC3NC(=O)c3cc(-c4ccccc4C(F)(F)F)n[nH]3)C2)c1C. The summed E-state index contributed by atoms with van der Waals surface area (Å²) in [6, 6.07) is 12.0. The number of aromatic nitrogens is 2. The number of nitrogens with zero attached hydrogens (tertiary/aromatic N) is 2. The van der Waals surface area contributed by atoms with E-state index in [-0.39, 0.29) is 40.7 Å². The summed E-state index contributed by atoms with van der Waals surface area (Å²) in [7, 11) is 1.60. The van der Waals surface area contributed by atoms with Crippen LogP contribution in [0.3, 0.4) is 0 Å². The van der Waals surface area contributed by atoms with Crippen LogP contribution in [-0.4, -0.2) is 53.2 Å². The fourth-order valence-electron chi connectivity index (χ4n) is 5.75. The second-order valence-corrected chi connectivity index (χ2v) is 10.2. The molecule has 1 unspecified atom stereocenters. The molecule has 1 aliphatic carbocycles. The maximum absolute atomic E-state index is 13.4. The summed E-state index contributed by atoms with van der Waals surface area (Å²) in [5.74, 6) is 0.361. The summed E-state index contributed by atoms with van der Waals surface area (Å²) in [6.07, 6.45) is -1.65. The molecule has 10 heteroatoms. The number of halogens is 3. The number of H-pyrrole nitrogens is 1. The molecule has 1 saturated carbocycles. The van der Waals surface area contributed by atoms with Crippen LogP contribution in [0.1, 0.15) is 46.4 Å². The summed E-state index contributed by atoms with van der Waals surface area (Å²) in [5, 5.41) is 9.60. The van der Waals surface area contributed by atoms with Gasteiger partial charge >= 0.3 is 6.18 Å². The molecule has 1 spiro atoms. The predicted molar refractivity (Wildman–Crippen MR) is 135 cm³/mol. The first kappa shape index (κ1) is 25.8. The molecule has 0 radical (unpaired) electrons. The number of alkyl halides is 3. The lowest BCUT2D eigenvalue weighted by atomic mass is 9.74. The van der Waals surface area contributed by atoms with Gasteiger partial charge in [-0.2, -0.15) is 18.3 Å². The Hall–Kier alpha value is -3.82. The Bertz CT molecular complexity index is 1360. The summed E-state index contributed by atoms with van der Waals surface area (Å²) in [6.45, 7) is 3.06. The predicted octanol–water partition coefficient (Wildman–Crippen LogP) is 4.77. The first-order valence-corrected chi connectivity index (χ1v) is 12.5. The quantitative estimate of drug-likeness (QED) is 0.485. The van der Waals surface area contributed by atoms with E-state index in [1.165, 1.54) is 24.3 Å². The smallest absolute Gasteiger partial charge is 0.417 e. The van der Waals surface area contributed by atoms with Gasteiger partial charge in [-0.1, -0.05) is 36.8 Å². The topological polar surface area (TPSA) is 87.3 Å². The molecule has 2 amide bonds. The molecule has 2 heterocycles. The number of amides is 2. The van der Waals surface area contributed by atoms with Crippen LogP contribution >= 0.6 is 0 Å². The average Bonchev–Trinajstić information content (AvgIpc) is 3.52. The Labute approximate surface area is 218 Å². The van der Waals surface area contributed by atoms with Crippen molar-refractivity contribution in [1.29, 1.82) is 0 Å². The number of hydrogen-bond donors (Lipinski definition) is 2. The minimum Gasteiger partial charge on any atom is -0.496 e. The Balaban J connectivity index is 1.23. The van der Waals surface area contributed by atoms with E-state index in [2.05, 4.69) is 15.5 Å². The Kier molecular flexibility index (Phi) is 6.66. The number of carbonyl (C=O) groups is 2. The first-order valence-electron chi connectivity index (χ1n) is 12.5. The van der Waals surface area contributed by atoms with Crippen LogP contribution in [0.25, 0.3) is 11.3 Å². The molecule has 5 rings (SSSR count). The molecule has 38 heavy (non-hydrogen) atoms. The normalized spacial score (nSPS) is 18.3. The number of likely N-dealkylation sites (tertiary alicyclic amines) is 1. The van der Waals surface area contributed by atoms with Gasteiger partial charge in [0.1, 0.15) is 11.4 Å². The lowest BCUT2D eigenvalue weighted by molar-refractivity contribution is -0.143. The highest BCUT2D eigenvalue weighted by Gasteiger charge is 2.53. The summed E-state index contributed by atoms with van der Waals surface area (Å²) in [5.41, 5.74) is 0.927. The van der Waals surface area contributed by atoms with Crippen molar-refractivity contribution in [2.45, 2.75) is 44.8 Å². The fourth-order valence-corrected chi connectivity index (χ4v) is 5.75. The van der Waals surface area contributed by atoms with Gasteiger partial charge < -0.3 is 15.0 Å². The molecule has 200 valence electrons.